The molecule has 1 saturated heterocycles. The van der Waals surface area contributed by atoms with E-state index in [-0.39, 0.29) is 11.8 Å². The summed E-state index contributed by atoms with van der Waals surface area (Å²) in [5.41, 5.74) is 1.79. The zero-order chi connectivity index (χ0) is 20.2. The number of nitrogens with one attached hydrogen (secondary N) is 1. The number of hydrogen-bond acceptors (Lipinski definition) is 5. The Bertz CT molecular complexity index is 601. The Labute approximate surface area is 170 Å². The largest absolute Gasteiger partial charge is 0.320 e. The van der Waals surface area contributed by atoms with Crippen molar-refractivity contribution in [1.82, 2.24) is 10.2 Å². The first-order valence-electron chi connectivity index (χ1n) is 10.1. The van der Waals surface area contributed by atoms with Gasteiger partial charge in [0, 0.05) is 23.2 Å². The van der Waals surface area contributed by atoms with E-state index < -0.39 is 0 Å². The molecule has 0 saturated carbocycles. The van der Waals surface area contributed by atoms with Crippen LogP contribution >= 0.6 is 11.8 Å². The predicted molar refractivity (Wildman–Crippen MR) is 120 cm³/mol. The molecular formula is C22H37N3OS. The van der Waals surface area contributed by atoms with E-state index >= 15 is 0 Å². The molecule has 1 fully saturated rings. The number of aliphatic imine (C=N–C) groups is 1. The first-order chi connectivity index (χ1) is 12.9. The van der Waals surface area contributed by atoms with Gasteiger partial charge in [0.25, 0.3) is 0 Å². The molecule has 1 aliphatic heterocycles. The zero-order valence-electron chi connectivity index (χ0n) is 17.9. The van der Waals surface area contributed by atoms with Crippen molar-refractivity contribution in [3.05, 3.63) is 35.4 Å². The van der Waals surface area contributed by atoms with Crippen LogP contribution in [-0.4, -0.2) is 60.7 Å². The number of carbonyl (C=O) groups is 1. The first-order valence-corrected chi connectivity index (χ1v) is 11.0. The van der Waals surface area contributed by atoms with Crippen molar-refractivity contribution in [2.75, 3.05) is 32.9 Å². The molecule has 152 valence electrons. The number of benzene rings is 1. The molecule has 0 amide bonds. The molecule has 1 unspecified atom stereocenters. The van der Waals surface area contributed by atoms with Gasteiger partial charge in [-0.3, -0.25) is 9.79 Å². The van der Waals surface area contributed by atoms with E-state index in [4.69, 9.17) is 0 Å². The molecule has 2 rings (SSSR count). The summed E-state index contributed by atoms with van der Waals surface area (Å²) in [6, 6.07) is 8.81. The Hall–Kier alpha value is -1.17. The molecule has 0 radical (unpaired) electrons. The van der Waals surface area contributed by atoms with Gasteiger partial charge in [-0.15, -0.1) is 11.8 Å². The minimum absolute atomic E-state index is 0.0947. The summed E-state index contributed by atoms with van der Waals surface area (Å²) in [6.07, 6.45) is 4.11. The summed E-state index contributed by atoms with van der Waals surface area (Å²) in [4.78, 5) is 18.4. The number of ketones is 1. The molecule has 5 heteroatoms. The lowest BCUT2D eigenvalue weighted by molar-refractivity contribution is 0.101. The van der Waals surface area contributed by atoms with Crippen molar-refractivity contribution >= 4 is 22.6 Å². The Morgan fingerprint density at radius 1 is 1.37 bits per heavy atom. The summed E-state index contributed by atoms with van der Waals surface area (Å²) in [7, 11) is 4.25. The molecule has 1 N–H and O–H groups in total. The summed E-state index contributed by atoms with van der Waals surface area (Å²) < 4.78 is 0. The smallest absolute Gasteiger partial charge is 0.159 e. The van der Waals surface area contributed by atoms with Crippen molar-refractivity contribution < 1.29 is 4.79 Å². The molecule has 4 nitrogen and oxygen atoms in total. The van der Waals surface area contributed by atoms with Crippen molar-refractivity contribution in [1.29, 1.82) is 0 Å². The van der Waals surface area contributed by atoms with Crippen LogP contribution in [0.2, 0.25) is 0 Å². The normalized spacial score (nSPS) is 17.7. The topological polar surface area (TPSA) is 44.7 Å². The lowest BCUT2D eigenvalue weighted by Crippen LogP contribution is -2.27. The quantitative estimate of drug-likeness (QED) is 0.423. The highest BCUT2D eigenvalue weighted by Gasteiger charge is 2.19. The molecule has 1 aromatic rings. The number of rotatable bonds is 7. The molecule has 0 bridgehead atoms. The fourth-order valence-electron chi connectivity index (χ4n) is 3.09. The Balaban J connectivity index is 0.000000309. The minimum atomic E-state index is 0.0947. The van der Waals surface area contributed by atoms with E-state index in [0.29, 0.717) is 0 Å². The number of nitrogens with zero attached hydrogens (tertiary/aromatic N) is 2. The van der Waals surface area contributed by atoms with Crippen LogP contribution in [0.1, 0.15) is 62.9 Å². The van der Waals surface area contributed by atoms with Gasteiger partial charge in [-0.2, -0.15) is 0 Å². The highest BCUT2D eigenvalue weighted by atomic mass is 32.2. The second kappa shape index (κ2) is 13.1. The van der Waals surface area contributed by atoms with Gasteiger partial charge in [0.2, 0.25) is 0 Å². The number of hydrogen-bond donors (Lipinski definition) is 1. The van der Waals surface area contributed by atoms with Gasteiger partial charge < -0.3 is 10.2 Å². The Morgan fingerprint density at radius 3 is 2.59 bits per heavy atom. The molecule has 1 aliphatic rings. The van der Waals surface area contributed by atoms with Crippen molar-refractivity contribution in [3.63, 3.8) is 0 Å². The van der Waals surface area contributed by atoms with E-state index in [1.807, 2.05) is 31.3 Å². The van der Waals surface area contributed by atoms with Crippen LogP contribution < -0.4 is 5.32 Å². The maximum Gasteiger partial charge on any atom is 0.159 e. The molecule has 27 heavy (non-hydrogen) atoms. The van der Waals surface area contributed by atoms with Crippen LogP contribution in [0, 0.1) is 0 Å². The molecule has 1 aromatic carbocycles. The number of thioether (sulfide) groups is 1. The average Bonchev–Trinajstić information content (AvgIpc) is 3.05. The van der Waals surface area contributed by atoms with Gasteiger partial charge >= 0.3 is 0 Å². The lowest BCUT2D eigenvalue weighted by Gasteiger charge is -2.18. The van der Waals surface area contributed by atoms with Gasteiger partial charge in [-0.05, 0) is 79.0 Å². The van der Waals surface area contributed by atoms with Gasteiger partial charge in [0.15, 0.2) is 5.78 Å². The average molecular weight is 392 g/mol. The standard InChI is InChI=1S/C14H19NOS.C8H18N2/c1-5-17-14(15-10(2)3)13-8-6-7-12(9-13)11(4)16;1-9-6-5-8-4-3-7-10(8)2/h6-10H,5H2,1-4H3;8-9H,3-7H2,1-2H3. The van der Waals surface area contributed by atoms with E-state index in [2.05, 4.69) is 43.0 Å². The van der Waals surface area contributed by atoms with Gasteiger partial charge in [0.05, 0.1) is 5.04 Å². The lowest BCUT2D eigenvalue weighted by atomic mass is 10.1. The molecule has 0 aromatic heterocycles. The van der Waals surface area contributed by atoms with Crippen LogP contribution in [0.4, 0.5) is 0 Å². The highest BCUT2D eigenvalue weighted by molar-refractivity contribution is 8.14. The van der Waals surface area contributed by atoms with Crippen LogP contribution in [-0.2, 0) is 0 Å². The molecule has 0 spiro atoms. The van der Waals surface area contributed by atoms with Crippen molar-refractivity contribution in [3.8, 4) is 0 Å². The van der Waals surface area contributed by atoms with Crippen LogP contribution in [0.25, 0.3) is 0 Å². The molecule has 0 aliphatic carbocycles. The van der Waals surface area contributed by atoms with E-state index in [9.17, 15) is 4.79 Å². The van der Waals surface area contributed by atoms with Crippen molar-refractivity contribution in [2.24, 2.45) is 4.99 Å². The number of likely N-dealkylation sites (tertiary alicyclic amines) is 1. The third-order valence-electron chi connectivity index (χ3n) is 4.57. The van der Waals surface area contributed by atoms with Gasteiger partial charge in [0.1, 0.15) is 0 Å². The number of carbonyl (C=O) groups excluding carboxylic acids is 1. The highest BCUT2D eigenvalue weighted by Crippen LogP contribution is 2.17. The van der Waals surface area contributed by atoms with Crippen LogP contribution in [0.5, 0.6) is 0 Å². The predicted octanol–water partition coefficient (Wildman–Crippen LogP) is 4.49. The Kier molecular flexibility index (Phi) is 11.6. The summed E-state index contributed by atoms with van der Waals surface area (Å²) >= 11 is 1.72. The maximum absolute atomic E-state index is 11.4. The molecule has 1 atom stereocenters. The van der Waals surface area contributed by atoms with E-state index in [1.165, 1.54) is 25.8 Å². The first kappa shape index (κ1) is 23.9. The second-order valence-electron chi connectivity index (χ2n) is 7.27. The zero-order valence-corrected chi connectivity index (χ0v) is 18.7. The summed E-state index contributed by atoms with van der Waals surface area (Å²) in [5, 5.41) is 4.21. The molecule has 1 heterocycles. The minimum Gasteiger partial charge on any atom is -0.320 e. The SMILES string of the molecule is CCSC(=NC(C)C)c1cccc(C(C)=O)c1.CNCCC1CCCN1C. The third-order valence-corrected chi connectivity index (χ3v) is 5.47. The summed E-state index contributed by atoms with van der Waals surface area (Å²) in [5.74, 6) is 1.08. The fraction of sp³-hybridized carbons (Fsp3) is 0.636. The Morgan fingerprint density at radius 2 is 2.07 bits per heavy atom. The second-order valence-corrected chi connectivity index (χ2v) is 8.52. The maximum atomic E-state index is 11.4. The third kappa shape index (κ3) is 9.04. The van der Waals surface area contributed by atoms with E-state index in [1.54, 1.807) is 18.7 Å². The van der Waals surface area contributed by atoms with Gasteiger partial charge in [-0.25, -0.2) is 0 Å². The monoisotopic (exact) mass is 391 g/mol. The van der Waals surface area contributed by atoms with Crippen LogP contribution in [0.3, 0.4) is 0 Å². The van der Waals surface area contributed by atoms with Crippen LogP contribution in [0.15, 0.2) is 29.3 Å². The number of Topliss-reactive ketones (excluding diaryl/α,β-unsaturated/α-hetero) is 1. The van der Waals surface area contributed by atoms with E-state index in [0.717, 1.165) is 34.5 Å². The van der Waals surface area contributed by atoms with Crippen molar-refractivity contribution in [2.45, 2.75) is 59.0 Å². The fourth-order valence-corrected chi connectivity index (χ4v) is 3.94. The summed E-state index contributed by atoms with van der Waals surface area (Å²) in [6.45, 7) is 10.3. The molecular weight excluding hydrogens is 354 g/mol. The van der Waals surface area contributed by atoms with Gasteiger partial charge in [-0.1, -0.05) is 25.1 Å².